The number of nitriles is 1. The molecule has 0 N–H and O–H groups in total. The third kappa shape index (κ3) is 5.48. The molecule has 0 radical (unpaired) electrons. The van der Waals surface area contributed by atoms with Gasteiger partial charge in [0.05, 0.1) is 6.07 Å². The average Bonchev–Trinajstić information content (AvgIpc) is 2.77. The molecular weight excluding hydrogens is 338 g/mol. The van der Waals surface area contributed by atoms with Gasteiger partial charge in [-0.3, -0.25) is 0 Å². The van der Waals surface area contributed by atoms with Gasteiger partial charge < -0.3 is 0 Å². The quantitative estimate of drug-likeness (QED) is 0.287. The van der Waals surface area contributed by atoms with Crippen LogP contribution in [0.25, 0.3) is 0 Å². The van der Waals surface area contributed by atoms with Gasteiger partial charge in [-0.25, -0.2) is 0 Å². The number of rotatable bonds is 6. The molecule has 1 aromatic rings. The Bertz CT molecular complexity index is 715. The van der Waals surface area contributed by atoms with Crippen LogP contribution in [0.3, 0.4) is 0 Å². The summed E-state index contributed by atoms with van der Waals surface area (Å²) in [5, 5.41) is 8.54. The number of allylic oxidation sites excluding steroid dienone is 5. The molecule has 2 fully saturated rings. The lowest BCUT2D eigenvalue weighted by molar-refractivity contribution is 0.290. The van der Waals surface area contributed by atoms with Gasteiger partial charge in [0.15, 0.2) is 0 Å². The van der Waals surface area contributed by atoms with Crippen LogP contribution in [-0.4, -0.2) is 0 Å². The molecule has 2 aliphatic rings. The van der Waals surface area contributed by atoms with Gasteiger partial charge in [0.1, 0.15) is 0 Å². The van der Waals surface area contributed by atoms with Gasteiger partial charge in [0, 0.05) is 6.08 Å². The second-order valence-corrected chi connectivity index (χ2v) is 8.70. The van der Waals surface area contributed by atoms with Crippen LogP contribution < -0.4 is 0 Å². The molecule has 0 aliphatic heterocycles. The molecule has 1 aromatic carbocycles. The van der Waals surface area contributed by atoms with E-state index in [-0.39, 0.29) is 0 Å². The number of benzene rings is 1. The van der Waals surface area contributed by atoms with E-state index in [1.54, 1.807) is 17.2 Å². The van der Waals surface area contributed by atoms with Crippen LogP contribution >= 0.6 is 0 Å². The first-order valence-corrected chi connectivity index (χ1v) is 11.2. The van der Waals surface area contributed by atoms with E-state index in [0.717, 1.165) is 24.2 Å². The Morgan fingerprint density at radius 2 is 1.57 bits per heavy atom. The van der Waals surface area contributed by atoms with Crippen LogP contribution in [0.15, 0.2) is 60.7 Å². The first kappa shape index (κ1) is 20.7. The maximum atomic E-state index is 8.54. The van der Waals surface area contributed by atoms with E-state index in [4.69, 9.17) is 5.26 Å². The molecule has 2 aliphatic carbocycles. The lowest BCUT2D eigenvalue weighted by Gasteiger charge is -2.36. The Hall–Kier alpha value is -2.07. The number of aryl methyl sites for hydroxylation is 1. The van der Waals surface area contributed by atoms with E-state index in [1.807, 2.05) is 18.2 Å². The third-order valence-corrected chi connectivity index (χ3v) is 7.07. The maximum Gasteiger partial charge on any atom is 0.0912 e. The molecule has 0 unspecified atom stereocenters. The first-order chi connectivity index (χ1) is 13.7. The fourth-order valence-electron chi connectivity index (χ4n) is 5.16. The van der Waals surface area contributed by atoms with E-state index in [1.165, 1.54) is 56.9 Å². The van der Waals surface area contributed by atoms with Crippen molar-refractivity contribution in [3.8, 4) is 6.07 Å². The topological polar surface area (TPSA) is 23.8 Å². The van der Waals surface area contributed by atoms with Crippen molar-refractivity contribution in [2.75, 3.05) is 0 Å². The average molecular weight is 374 g/mol. The van der Waals surface area contributed by atoms with E-state index >= 15 is 0 Å². The van der Waals surface area contributed by atoms with Gasteiger partial charge in [0.2, 0.25) is 0 Å². The smallest absolute Gasteiger partial charge is 0.0912 e. The van der Waals surface area contributed by atoms with Crippen LogP contribution in [-0.2, 0) is 6.42 Å². The molecule has 0 heterocycles. The highest BCUT2D eigenvalue weighted by atomic mass is 14.3. The molecule has 1 nitrogen and oxygen atoms in total. The van der Waals surface area contributed by atoms with Crippen LogP contribution in [0.2, 0.25) is 0 Å². The fraction of sp³-hybridized carbons (Fsp3) is 0.519. The monoisotopic (exact) mass is 373 g/mol. The van der Waals surface area contributed by atoms with Crippen molar-refractivity contribution in [3.05, 3.63) is 71.8 Å². The lowest BCUT2D eigenvalue weighted by atomic mass is 9.70. The Labute approximate surface area is 171 Å². The van der Waals surface area contributed by atoms with Gasteiger partial charge in [-0.2, -0.15) is 5.26 Å². The SMILES string of the molecule is C=C(C1CCC(/C=C/C=C/C#N)CC1)C1CCC(c2ccc(CC)cc2)CC1. The second kappa shape index (κ2) is 10.5. The van der Waals surface area contributed by atoms with Gasteiger partial charge in [-0.05, 0) is 92.6 Å². The van der Waals surface area contributed by atoms with Crippen LogP contribution in [0.5, 0.6) is 0 Å². The van der Waals surface area contributed by atoms with Crippen molar-refractivity contribution in [2.24, 2.45) is 17.8 Å². The number of nitrogens with zero attached hydrogens (tertiary/aromatic N) is 1. The fourth-order valence-corrected chi connectivity index (χ4v) is 5.16. The van der Waals surface area contributed by atoms with E-state index < -0.39 is 0 Å². The summed E-state index contributed by atoms with van der Waals surface area (Å²) < 4.78 is 0. The van der Waals surface area contributed by atoms with Crippen molar-refractivity contribution in [3.63, 3.8) is 0 Å². The summed E-state index contributed by atoms with van der Waals surface area (Å²) in [6.45, 7) is 6.79. The number of hydrogen-bond donors (Lipinski definition) is 0. The zero-order valence-electron chi connectivity index (χ0n) is 17.4. The molecule has 28 heavy (non-hydrogen) atoms. The normalized spacial score (nSPS) is 28.4. The molecule has 0 bridgehead atoms. The predicted molar refractivity (Wildman–Crippen MR) is 119 cm³/mol. The molecule has 2 saturated carbocycles. The summed E-state index contributed by atoms with van der Waals surface area (Å²) in [6, 6.07) is 11.4. The van der Waals surface area contributed by atoms with Gasteiger partial charge in [0.25, 0.3) is 0 Å². The zero-order chi connectivity index (χ0) is 19.8. The molecule has 0 spiro atoms. The van der Waals surface area contributed by atoms with Crippen LogP contribution in [0.1, 0.15) is 75.3 Å². The van der Waals surface area contributed by atoms with E-state index in [2.05, 4.69) is 43.8 Å². The summed E-state index contributed by atoms with van der Waals surface area (Å²) in [5.41, 5.74) is 4.53. The second-order valence-electron chi connectivity index (χ2n) is 8.70. The first-order valence-electron chi connectivity index (χ1n) is 11.2. The molecular formula is C27H35N. The van der Waals surface area contributed by atoms with Crippen molar-refractivity contribution in [1.82, 2.24) is 0 Å². The van der Waals surface area contributed by atoms with E-state index in [0.29, 0.717) is 5.92 Å². The zero-order valence-corrected chi connectivity index (χ0v) is 17.4. The van der Waals surface area contributed by atoms with Gasteiger partial charge in [-0.15, -0.1) is 0 Å². The summed E-state index contributed by atoms with van der Waals surface area (Å²) in [4.78, 5) is 0. The largest absolute Gasteiger partial charge is 0.193 e. The van der Waals surface area contributed by atoms with Crippen molar-refractivity contribution in [1.29, 1.82) is 5.26 Å². The molecule has 0 amide bonds. The summed E-state index contributed by atoms with van der Waals surface area (Å²) >= 11 is 0. The maximum absolute atomic E-state index is 8.54. The highest BCUT2D eigenvalue weighted by Gasteiger charge is 2.29. The lowest BCUT2D eigenvalue weighted by Crippen LogP contribution is -2.22. The summed E-state index contributed by atoms with van der Waals surface area (Å²) in [6.07, 6.45) is 19.2. The Kier molecular flexibility index (Phi) is 7.72. The van der Waals surface area contributed by atoms with E-state index in [9.17, 15) is 0 Å². The molecule has 0 atom stereocenters. The minimum atomic E-state index is 0.675. The highest BCUT2D eigenvalue weighted by Crippen LogP contribution is 2.43. The minimum absolute atomic E-state index is 0.675. The number of hydrogen-bond acceptors (Lipinski definition) is 1. The molecule has 1 heteroatoms. The Morgan fingerprint density at radius 1 is 0.964 bits per heavy atom. The predicted octanol–water partition coefficient (Wildman–Crippen LogP) is 7.52. The standard InChI is InChI=1S/C27H35N/c1-3-22-8-14-26(15-9-22)27-18-16-25(17-19-27)21(2)24-12-10-23(11-13-24)7-5-4-6-20-28/h4-9,14-15,23-25,27H,2-3,10-13,16-19H2,1H3/b6-4+,7-5+. The molecule has 0 aromatic heterocycles. The third-order valence-electron chi connectivity index (χ3n) is 7.07. The molecule has 3 rings (SSSR count). The summed E-state index contributed by atoms with van der Waals surface area (Å²) in [5.74, 6) is 2.89. The van der Waals surface area contributed by atoms with Gasteiger partial charge >= 0.3 is 0 Å². The van der Waals surface area contributed by atoms with Gasteiger partial charge in [-0.1, -0.05) is 61.6 Å². The van der Waals surface area contributed by atoms with Crippen molar-refractivity contribution >= 4 is 0 Å². The summed E-state index contributed by atoms with van der Waals surface area (Å²) in [7, 11) is 0. The minimum Gasteiger partial charge on any atom is -0.193 e. The molecule has 148 valence electrons. The highest BCUT2D eigenvalue weighted by molar-refractivity contribution is 5.26. The Morgan fingerprint density at radius 3 is 2.14 bits per heavy atom. The van der Waals surface area contributed by atoms with Crippen LogP contribution in [0, 0.1) is 29.1 Å². The Balaban J connectivity index is 1.44. The van der Waals surface area contributed by atoms with Crippen molar-refractivity contribution < 1.29 is 0 Å². The van der Waals surface area contributed by atoms with Crippen molar-refractivity contribution in [2.45, 2.75) is 70.6 Å². The molecule has 0 saturated heterocycles. The van der Waals surface area contributed by atoms with Crippen LogP contribution in [0.4, 0.5) is 0 Å².